The van der Waals surface area contributed by atoms with E-state index in [4.69, 9.17) is 4.74 Å². The maximum absolute atomic E-state index is 11.2. The monoisotopic (exact) mass is 237 g/mol. The van der Waals surface area contributed by atoms with Gasteiger partial charge in [-0.15, -0.1) is 0 Å². The number of ether oxygens (including phenoxy) is 1. The van der Waals surface area contributed by atoms with E-state index in [9.17, 15) is 4.79 Å². The second-order valence-corrected chi connectivity index (χ2v) is 6.37. The smallest absolute Gasteiger partial charge is 0.216 e. The van der Waals surface area contributed by atoms with Crippen molar-refractivity contribution in [3.63, 3.8) is 0 Å². The Morgan fingerprint density at radius 1 is 1.18 bits per heavy atom. The van der Waals surface area contributed by atoms with E-state index in [1.54, 1.807) is 6.92 Å². The summed E-state index contributed by atoms with van der Waals surface area (Å²) >= 11 is 0. The van der Waals surface area contributed by atoms with E-state index in [2.05, 4.69) is 5.32 Å². The molecule has 0 unspecified atom stereocenters. The van der Waals surface area contributed by atoms with Crippen molar-refractivity contribution in [3.05, 3.63) is 0 Å². The molecule has 4 aliphatic rings. The Morgan fingerprint density at radius 2 is 1.71 bits per heavy atom. The molecule has 4 bridgehead atoms. The Labute approximate surface area is 103 Å². The first-order valence-electron chi connectivity index (χ1n) is 6.93. The van der Waals surface area contributed by atoms with Crippen molar-refractivity contribution in [1.82, 2.24) is 5.32 Å². The van der Waals surface area contributed by atoms with Gasteiger partial charge in [0.05, 0.1) is 5.60 Å². The van der Waals surface area contributed by atoms with Gasteiger partial charge in [0.2, 0.25) is 5.91 Å². The van der Waals surface area contributed by atoms with Crippen molar-refractivity contribution in [2.24, 2.45) is 23.7 Å². The molecule has 0 saturated heterocycles. The lowest BCUT2D eigenvalue weighted by Crippen LogP contribution is -2.63. The van der Waals surface area contributed by atoms with E-state index in [0.717, 1.165) is 11.8 Å². The number of nitrogens with one attached hydrogen (secondary N) is 1. The maximum atomic E-state index is 11.2. The highest BCUT2D eigenvalue weighted by atomic mass is 16.5. The zero-order valence-electron chi connectivity index (χ0n) is 10.9. The normalized spacial score (nSPS) is 47.2. The van der Waals surface area contributed by atoms with Crippen molar-refractivity contribution in [2.45, 2.75) is 44.6 Å². The predicted octanol–water partition coefficient (Wildman–Crippen LogP) is 1.96. The molecule has 0 aromatic rings. The molecular formula is C14H23NO2. The fraction of sp³-hybridized carbons (Fsp3) is 0.929. The highest BCUT2D eigenvalue weighted by Gasteiger charge is 2.57. The van der Waals surface area contributed by atoms with Gasteiger partial charge in [0.15, 0.2) is 0 Å². The Morgan fingerprint density at radius 3 is 2.12 bits per heavy atom. The quantitative estimate of drug-likeness (QED) is 0.815. The molecule has 1 N–H and O–H groups in total. The van der Waals surface area contributed by atoms with E-state index >= 15 is 0 Å². The summed E-state index contributed by atoms with van der Waals surface area (Å²) in [5.74, 6) is 3.30. The summed E-state index contributed by atoms with van der Waals surface area (Å²) in [7, 11) is 1.84. The van der Waals surface area contributed by atoms with Crippen molar-refractivity contribution >= 4 is 5.91 Å². The third-order valence-corrected chi connectivity index (χ3v) is 5.51. The van der Waals surface area contributed by atoms with Crippen molar-refractivity contribution < 1.29 is 9.53 Å². The molecule has 4 rings (SSSR count). The number of rotatable bonds is 3. The maximum Gasteiger partial charge on any atom is 0.216 e. The first-order valence-corrected chi connectivity index (χ1v) is 6.93. The van der Waals surface area contributed by atoms with Crippen LogP contribution < -0.4 is 5.32 Å². The van der Waals surface area contributed by atoms with E-state index in [1.807, 2.05) is 7.11 Å². The minimum atomic E-state index is -0.0565. The lowest BCUT2D eigenvalue weighted by molar-refractivity contribution is -0.188. The number of hydrogen-bond acceptors (Lipinski definition) is 2. The van der Waals surface area contributed by atoms with Crippen molar-refractivity contribution in [2.75, 3.05) is 13.7 Å². The second-order valence-electron chi connectivity index (χ2n) is 6.37. The molecule has 4 aliphatic carbocycles. The molecule has 17 heavy (non-hydrogen) atoms. The zero-order valence-corrected chi connectivity index (χ0v) is 10.9. The molecule has 3 heteroatoms. The molecule has 0 aliphatic heterocycles. The van der Waals surface area contributed by atoms with E-state index in [-0.39, 0.29) is 11.5 Å². The van der Waals surface area contributed by atoms with Crippen LogP contribution in [0.2, 0.25) is 0 Å². The third-order valence-electron chi connectivity index (χ3n) is 5.51. The van der Waals surface area contributed by atoms with Gasteiger partial charge in [-0.3, -0.25) is 4.79 Å². The van der Waals surface area contributed by atoms with Crippen LogP contribution in [0.25, 0.3) is 0 Å². The van der Waals surface area contributed by atoms with Gasteiger partial charge >= 0.3 is 0 Å². The largest absolute Gasteiger partial charge is 0.376 e. The molecule has 0 heterocycles. The van der Waals surface area contributed by atoms with Crippen LogP contribution in [0, 0.1) is 23.7 Å². The number of hydrogen-bond donors (Lipinski definition) is 1. The zero-order chi connectivity index (χ0) is 12.0. The third kappa shape index (κ3) is 1.70. The molecule has 1 amide bonds. The molecule has 4 saturated carbocycles. The molecule has 96 valence electrons. The van der Waals surface area contributed by atoms with Gasteiger partial charge in [-0.05, 0) is 55.8 Å². The van der Waals surface area contributed by atoms with Crippen LogP contribution in [0.3, 0.4) is 0 Å². The van der Waals surface area contributed by atoms with Gasteiger partial charge in [0.1, 0.15) is 0 Å². The van der Waals surface area contributed by atoms with Gasteiger partial charge < -0.3 is 10.1 Å². The highest BCUT2D eigenvalue weighted by molar-refractivity contribution is 5.72. The van der Waals surface area contributed by atoms with Crippen LogP contribution in [0.1, 0.15) is 39.0 Å². The first kappa shape index (κ1) is 11.5. The summed E-state index contributed by atoms with van der Waals surface area (Å²) in [6.07, 6.45) is 6.73. The average Bonchev–Trinajstić information content (AvgIpc) is 2.28. The van der Waals surface area contributed by atoms with Gasteiger partial charge in [0, 0.05) is 20.6 Å². The summed E-state index contributed by atoms with van der Waals surface area (Å²) in [6, 6.07) is 0. The van der Waals surface area contributed by atoms with Crippen LogP contribution in [0.4, 0.5) is 0 Å². The molecule has 0 aromatic carbocycles. The van der Waals surface area contributed by atoms with Crippen LogP contribution >= 0.6 is 0 Å². The second kappa shape index (κ2) is 3.98. The molecule has 0 aromatic heterocycles. The van der Waals surface area contributed by atoms with Crippen LogP contribution in [-0.4, -0.2) is 25.2 Å². The lowest BCUT2D eigenvalue weighted by atomic mass is 9.49. The molecule has 0 spiro atoms. The predicted molar refractivity (Wildman–Crippen MR) is 65.5 cm³/mol. The molecular weight excluding hydrogens is 214 g/mol. The van der Waals surface area contributed by atoms with Gasteiger partial charge in [0.25, 0.3) is 0 Å². The molecule has 0 radical (unpaired) electrons. The number of carbonyl (C=O) groups excluding carboxylic acids is 1. The summed E-state index contributed by atoms with van der Waals surface area (Å²) in [6.45, 7) is 2.31. The van der Waals surface area contributed by atoms with Crippen molar-refractivity contribution in [1.29, 1.82) is 0 Å². The van der Waals surface area contributed by atoms with Crippen LogP contribution in [0.5, 0.6) is 0 Å². The van der Waals surface area contributed by atoms with Crippen LogP contribution in [-0.2, 0) is 9.53 Å². The van der Waals surface area contributed by atoms with E-state index in [0.29, 0.717) is 18.4 Å². The molecule has 3 nitrogen and oxygen atoms in total. The van der Waals surface area contributed by atoms with E-state index in [1.165, 1.54) is 32.1 Å². The summed E-state index contributed by atoms with van der Waals surface area (Å²) < 4.78 is 5.95. The standard InChI is InChI=1S/C14H23NO2/c1-9(16)15-8-14(17-2)12-4-10-3-11(6-12)7-13(14)5-10/h10-13H,3-8H2,1-2H3,(H,15,16). The first-order chi connectivity index (χ1) is 8.14. The summed E-state index contributed by atoms with van der Waals surface area (Å²) in [4.78, 5) is 11.2. The SMILES string of the molecule is COC1(CNC(C)=O)C2CC3CC(C2)CC1C3. The van der Waals surface area contributed by atoms with Gasteiger partial charge in [-0.1, -0.05) is 0 Å². The van der Waals surface area contributed by atoms with E-state index < -0.39 is 0 Å². The topological polar surface area (TPSA) is 38.3 Å². The Hall–Kier alpha value is -0.570. The van der Waals surface area contributed by atoms with Gasteiger partial charge in [-0.25, -0.2) is 0 Å². The van der Waals surface area contributed by atoms with Gasteiger partial charge in [-0.2, -0.15) is 0 Å². The number of amides is 1. The lowest BCUT2D eigenvalue weighted by Gasteiger charge is -2.60. The average molecular weight is 237 g/mol. The van der Waals surface area contributed by atoms with Crippen molar-refractivity contribution in [3.8, 4) is 0 Å². The molecule has 0 atom stereocenters. The Balaban J connectivity index is 1.81. The summed E-state index contributed by atoms with van der Waals surface area (Å²) in [5.41, 5.74) is -0.0565. The fourth-order valence-electron chi connectivity index (χ4n) is 4.94. The Kier molecular flexibility index (Phi) is 2.69. The number of carbonyl (C=O) groups is 1. The molecule has 4 fully saturated rings. The highest BCUT2D eigenvalue weighted by Crippen LogP contribution is 2.59. The van der Waals surface area contributed by atoms with Crippen LogP contribution in [0.15, 0.2) is 0 Å². The minimum Gasteiger partial charge on any atom is -0.376 e. The minimum absolute atomic E-state index is 0.0565. The Bertz CT molecular complexity index is 298. The number of methoxy groups -OCH3 is 1. The summed E-state index contributed by atoms with van der Waals surface area (Å²) in [5, 5.41) is 3.00. The fourth-order valence-corrected chi connectivity index (χ4v) is 4.94.